The van der Waals surface area contributed by atoms with Gasteiger partial charge in [0.2, 0.25) is 0 Å². The zero-order chi connectivity index (χ0) is 14.5. The van der Waals surface area contributed by atoms with Crippen LogP contribution < -0.4 is 0 Å². The number of rotatable bonds is 5. The molecule has 4 heteroatoms. The molecule has 2 fully saturated rings. The summed E-state index contributed by atoms with van der Waals surface area (Å²) in [4.78, 5) is 0. The summed E-state index contributed by atoms with van der Waals surface area (Å²) in [7, 11) is 0. The monoisotopic (exact) mass is 286 g/mol. The summed E-state index contributed by atoms with van der Waals surface area (Å²) < 4.78 is 11.4. The van der Waals surface area contributed by atoms with Gasteiger partial charge in [-0.25, -0.2) is 0 Å². The molecule has 2 aliphatic carbocycles. The lowest BCUT2D eigenvalue weighted by atomic mass is 9.70. The minimum Gasteiger partial charge on any atom is -0.390 e. The highest BCUT2D eigenvalue weighted by Crippen LogP contribution is 2.40. The lowest BCUT2D eigenvalue weighted by molar-refractivity contribution is -0.0994. The third kappa shape index (κ3) is 3.94. The number of ether oxygens (including phenoxy) is 2. The van der Waals surface area contributed by atoms with E-state index in [1.807, 2.05) is 13.8 Å². The van der Waals surface area contributed by atoms with Crippen LogP contribution in [0.1, 0.15) is 52.4 Å². The molecule has 0 saturated heterocycles. The molecule has 6 unspecified atom stereocenters. The average Bonchev–Trinajstić information content (AvgIpc) is 2.44. The van der Waals surface area contributed by atoms with E-state index in [1.54, 1.807) is 0 Å². The molecule has 0 aromatic carbocycles. The van der Waals surface area contributed by atoms with E-state index in [2.05, 4.69) is 0 Å². The summed E-state index contributed by atoms with van der Waals surface area (Å²) in [5.41, 5.74) is 0. The van der Waals surface area contributed by atoms with E-state index in [9.17, 15) is 10.2 Å². The molecule has 0 aliphatic heterocycles. The fourth-order valence-corrected chi connectivity index (χ4v) is 3.93. The summed E-state index contributed by atoms with van der Waals surface area (Å²) in [6.45, 7) is 5.30. The highest BCUT2D eigenvalue weighted by Gasteiger charge is 2.38. The molecule has 0 bridgehead atoms. The van der Waals surface area contributed by atoms with Gasteiger partial charge in [-0.05, 0) is 64.2 Å². The van der Waals surface area contributed by atoms with E-state index >= 15 is 0 Å². The van der Waals surface area contributed by atoms with Gasteiger partial charge in [0, 0.05) is 13.2 Å². The standard InChI is InChI=1S/C16H30O4/c1-3-19-15-9-11(5-7-13(15)17)12-6-8-14(18)16(10-12)20-4-2/h11-18H,3-10H2,1-2H3. The summed E-state index contributed by atoms with van der Waals surface area (Å²) in [6.07, 6.45) is 5.12. The van der Waals surface area contributed by atoms with Gasteiger partial charge in [0.25, 0.3) is 0 Å². The van der Waals surface area contributed by atoms with E-state index in [-0.39, 0.29) is 24.4 Å². The van der Waals surface area contributed by atoms with Crippen LogP contribution in [-0.4, -0.2) is 47.8 Å². The minimum atomic E-state index is -0.303. The second-order valence-corrected chi connectivity index (χ2v) is 6.27. The van der Waals surface area contributed by atoms with Crippen molar-refractivity contribution in [2.45, 2.75) is 76.8 Å². The van der Waals surface area contributed by atoms with Gasteiger partial charge in [-0.3, -0.25) is 0 Å². The quantitative estimate of drug-likeness (QED) is 0.813. The number of aliphatic hydroxyl groups is 2. The first-order chi connectivity index (χ1) is 9.65. The molecule has 0 spiro atoms. The lowest BCUT2D eigenvalue weighted by Gasteiger charge is -2.41. The Labute approximate surface area is 122 Å². The smallest absolute Gasteiger partial charge is 0.0836 e. The fourth-order valence-electron chi connectivity index (χ4n) is 3.93. The maximum atomic E-state index is 10.0. The van der Waals surface area contributed by atoms with Crippen molar-refractivity contribution in [3.8, 4) is 0 Å². The van der Waals surface area contributed by atoms with Gasteiger partial charge in [0.05, 0.1) is 24.4 Å². The average molecular weight is 286 g/mol. The molecule has 0 heterocycles. The van der Waals surface area contributed by atoms with E-state index in [0.717, 1.165) is 38.5 Å². The predicted molar refractivity (Wildman–Crippen MR) is 77.5 cm³/mol. The maximum Gasteiger partial charge on any atom is 0.0836 e. The summed E-state index contributed by atoms with van der Waals surface area (Å²) in [6, 6.07) is 0. The van der Waals surface area contributed by atoms with Gasteiger partial charge in [0.1, 0.15) is 0 Å². The van der Waals surface area contributed by atoms with Crippen molar-refractivity contribution in [3.63, 3.8) is 0 Å². The molecule has 0 amide bonds. The Bertz CT molecular complexity index is 256. The molecule has 2 N–H and O–H groups in total. The maximum absolute atomic E-state index is 10.0. The molecule has 6 atom stereocenters. The minimum absolute atomic E-state index is 0.00357. The molecule has 0 aromatic heterocycles. The van der Waals surface area contributed by atoms with Crippen molar-refractivity contribution in [2.75, 3.05) is 13.2 Å². The van der Waals surface area contributed by atoms with Crippen LogP contribution in [0.5, 0.6) is 0 Å². The molecule has 2 rings (SSSR count). The van der Waals surface area contributed by atoms with E-state index in [0.29, 0.717) is 25.0 Å². The third-order valence-electron chi connectivity index (χ3n) is 5.02. The van der Waals surface area contributed by atoms with Crippen LogP contribution in [0.3, 0.4) is 0 Å². The van der Waals surface area contributed by atoms with E-state index in [4.69, 9.17) is 9.47 Å². The lowest BCUT2D eigenvalue weighted by Crippen LogP contribution is -2.42. The van der Waals surface area contributed by atoms with Crippen molar-refractivity contribution in [2.24, 2.45) is 11.8 Å². The van der Waals surface area contributed by atoms with Gasteiger partial charge in [0.15, 0.2) is 0 Å². The molecule has 0 radical (unpaired) electrons. The van der Waals surface area contributed by atoms with Gasteiger partial charge >= 0.3 is 0 Å². The van der Waals surface area contributed by atoms with Crippen LogP contribution in [0, 0.1) is 11.8 Å². The predicted octanol–water partition coefficient (Wildman–Crippen LogP) is 2.12. The van der Waals surface area contributed by atoms with Crippen LogP contribution in [-0.2, 0) is 9.47 Å². The number of hydrogen-bond acceptors (Lipinski definition) is 4. The first kappa shape index (κ1) is 16.2. The van der Waals surface area contributed by atoms with Gasteiger partial charge in [-0.15, -0.1) is 0 Å². The fraction of sp³-hybridized carbons (Fsp3) is 1.00. The van der Waals surface area contributed by atoms with Gasteiger partial charge in [-0.2, -0.15) is 0 Å². The Morgan fingerprint density at radius 3 is 1.50 bits per heavy atom. The topological polar surface area (TPSA) is 58.9 Å². The van der Waals surface area contributed by atoms with Crippen molar-refractivity contribution in [1.82, 2.24) is 0 Å². The Balaban J connectivity index is 1.90. The molecule has 0 aromatic rings. The van der Waals surface area contributed by atoms with Crippen molar-refractivity contribution in [1.29, 1.82) is 0 Å². The largest absolute Gasteiger partial charge is 0.390 e. The Kier molecular flexibility index (Phi) is 6.27. The highest BCUT2D eigenvalue weighted by atomic mass is 16.5. The molecular weight excluding hydrogens is 256 g/mol. The van der Waals surface area contributed by atoms with Gasteiger partial charge in [-0.1, -0.05) is 0 Å². The van der Waals surface area contributed by atoms with E-state index < -0.39 is 0 Å². The zero-order valence-corrected chi connectivity index (χ0v) is 12.8. The van der Waals surface area contributed by atoms with Crippen LogP contribution in [0.4, 0.5) is 0 Å². The van der Waals surface area contributed by atoms with Crippen LogP contribution in [0.2, 0.25) is 0 Å². The SMILES string of the molecule is CCOC1CC(C2CCC(O)C(OCC)C2)CCC1O. The highest BCUT2D eigenvalue weighted by molar-refractivity contribution is 4.89. The first-order valence-corrected chi connectivity index (χ1v) is 8.25. The Hall–Kier alpha value is -0.160. The molecule has 2 aliphatic rings. The Morgan fingerprint density at radius 1 is 0.750 bits per heavy atom. The summed E-state index contributed by atoms with van der Waals surface area (Å²) in [5.74, 6) is 1.20. The summed E-state index contributed by atoms with van der Waals surface area (Å²) in [5, 5.41) is 20.0. The summed E-state index contributed by atoms with van der Waals surface area (Å²) >= 11 is 0. The van der Waals surface area contributed by atoms with Crippen LogP contribution in [0.15, 0.2) is 0 Å². The number of aliphatic hydroxyl groups excluding tert-OH is 2. The Morgan fingerprint density at radius 2 is 1.15 bits per heavy atom. The van der Waals surface area contributed by atoms with Crippen LogP contribution >= 0.6 is 0 Å². The van der Waals surface area contributed by atoms with Crippen LogP contribution in [0.25, 0.3) is 0 Å². The second-order valence-electron chi connectivity index (χ2n) is 6.27. The number of hydrogen-bond donors (Lipinski definition) is 2. The third-order valence-corrected chi connectivity index (χ3v) is 5.02. The van der Waals surface area contributed by atoms with E-state index in [1.165, 1.54) is 0 Å². The molecule has 4 nitrogen and oxygen atoms in total. The molecular formula is C16H30O4. The molecule has 2 saturated carbocycles. The van der Waals surface area contributed by atoms with Gasteiger partial charge < -0.3 is 19.7 Å². The van der Waals surface area contributed by atoms with Crippen molar-refractivity contribution in [3.05, 3.63) is 0 Å². The second kappa shape index (κ2) is 7.74. The first-order valence-electron chi connectivity index (χ1n) is 8.25. The van der Waals surface area contributed by atoms with Crippen molar-refractivity contribution < 1.29 is 19.7 Å². The molecule has 118 valence electrons. The van der Waals surface area contributed by atoms with Crippen molar-refractivity contribution >= 4 is 0 Å². The normalized spacial score (nSPS) is 42.6. The zero-order valence-electron chi connectivity index (χ0n) is 12.8. The molecule has 20 heavy (non-hydrogen) atoms.